The maximum atomic E-state index is 15.4. The lowest BCUT2D eigenvalue weighted by atomic mass is 10.0. The van der Waals surface area contributed by atoms with Gasteiger partial charge < -0.3 is 23.6 Å². The van der Waals surface area contributed by atoms with Crippen molar-refractivity contribution >= 4 is 17.0 Å². The quantitative estimate of drug-likeness (QED) is 0.253. The summed E-state index contributed by atoms with van der Waals surface area (Å²) in [5.74, 6) is -1.16. The van der Waals surface area contributed by atoms with E-state index in [-0.39, 0.29) is 53.2 Å². The average molecular weight is 557 g/mol. The summed E-state index contributed by atoms with van der Waals surface area (Å²) >= 11 is 0. The number of nitriles is 1. The van der Waals surface area contributed by atoms with Crippen molar-refractivity contribution in [1.82, 2.24) is 14.5 Å². The fourth-order valence-corrected chi connectivity index (χ4v) is 4.67. The van der Waals surface area contributed by atoms with Gasteiger partial charge in [-0.25, -0.2) is 23.5 Å². The highest BCUT2D eigenvalue weighted by Gasteiger charge is 2.23. The number of pyridine rings is 1. The monoisotopic (exact) mass is 556 g/mol. The Morgan fingerprint density at radius 3 is 2.71 bits per heavy atom. The van der Waals surface area contributed by atoms with E-state index in [1.165, 1.54) is 18.2 Å². The number of halogens is 2. The van der Waals surface area contributed by atoms with Crippen LogP contribution in [0.1, 0.15) is 39.7 Å². The van der Waals surface area contributed by atoms with E-state index >= 15 is 8.78 Å². The number of hydrogen-bond donors (Lipinski definition) is 1. The second kappa shape index (κ2) is 10.8. The Balaban J connectivity index is 1.27. The minimum Gasteiger partial charge on any atom is -0.478 e. The summed E-state index contributed by atoms with van der Waals surface area (Å²) in [6.45, 7) is 1.07. The Kier molecular flexibility index (Phi) is 6.91. The summed E-state index contributed by atoms with van der Waals surface area (Å²) in [5, 5.41) is 18.3. The van der Waals surface area contributed by atoms with Crippen molar-refractivity contribution in [3.8, 4) is 23.2 Å². The molecular formula is C30H22F2N4O5. The standard InChI is InChI=1S/C30H22F2N4O5/c31-23-13-22(25-2-1-3-29(35-25)40-16-21-6-5-19(14-33)41-21)24(32)10-18(23)12-28-34-26-7-4-17(30(37)38)11-27(26)36(28)15-20-8-9-39-20/h1-7,10-11,13,20H,8-9,12,15-16H2,(H,37,38). The summed E-state index contributed by atoms with van der Waals surface area (Å²) in [5.41, 5.74) is 1.49. The Labute approximate surface area is 232 Å². The van der Waals surface area contributed by atoms with Crippen molar-refractivity contribution in [2.75, 3.05) is 6.61 Å². The molecule has 4 heterocycles. The van der Waals surface area contributed by atoms with Crippen molar-refractivity contribution in [1.29, 1.82) is 5.26 Å². The highest BCUT2D eigenvalue weighted by atomic mass is 19.1. The van der Waals surface area contributed by atoms with Crippen LogP contribution in [0.25, 0.3) is 22.3 Å². The first-order valence-corrected chi connectivity index (χ1v) is 12.8. The number of aromatic carboxylic acids is 1. The molecule has 2 aromatic carbocycles. The van der Waals surface area contributed by atoms with Gasteiger partial charge in [-0.15, -0.1) is 0 Å². The third-order valence-electron chi connectivity index (χ3n) is 6.87. The summed E-state index contributed by atoms with van der Waals surface area (Å²) in [7, 11) is 0. The number of rotatable bonds is 9. The second-order valence-electron chi connectivity index (χ2n) is 9.56. The molecule has 11 heteroatoms. The molecule has 206 valence electrons. The molecule has 1 N–H and O–H groups in total. The number of aromatic nitrogens is 3. The minimum absolute atomic E-state index is 0.00870. The first kappa shape index (κ1) is 26.2. The first-order chi connectivity index (χ1) is 19.9. The number of nitrogens with zero attached hydrogens (tertiary/aromatic N) is 4. The first-order valence-electron chi connectivity index (χ1n) is 12.8. The number of benzene rings is 2. The Hall–Kier alpha value is -5.08. The molecule has 1 aliphatic rings. The molecule has 1 saturated heterocycles. The summed E-state index contributed by atoms with van der Waals surface area (Å²) < 4.78 is 49.0. The second-order valence-corrected chi connectivity index (χ2v) is 9.56. The van der Waals surface area contributed by atoms with Crippen LogP contribution in [0, 0.1) is 23.0 Å². The third kappa shape index (κ3) is 5.37. The van der Waals surface area contributed by atoms with Crippen molar-refractivity contribution in [2.24, 2.45) is 0 Å². The highest BCUT2D eigenvalue weighted by Crippen LogP contribution is 2.29. The van der Waals surface area contributed by atoms with Gasteiger partial charge in [0.1, 0.15) is 35.9 Å². The predicted octanol–water partition coefficient (Wildman–Crippen LogP) is 5.50. The number of hydrogen-bond acceptors (Lipinski definition) is 7. The maximum Gasteiger partial charge on any atom is 0.335 e. The van der Waals surface area contributed by atoms with Gasteiger partial charge >= 0.3 is 5.97 Å². The van der Waals surface area contributed by atoms with Crippen LogP contribution in [-0.4, -0.2) is 38.3 Å². The molecule has 0 spiro atoms. The van der Waals surface area contributed by atoms with Gasteiger partial charge in [-0.05, 0) is 60.5 Å². The lowest BCUT2D eigenvalue weighted by molar-refractivity contribution is -0.0589. The number of furan rings is 1. The molecule has 1 fully saturated rings. The smallest absolute Gasteiger partial charge is 0.335 e. The van der Waals surface area contributed by atoms with Gasteiger partial charge in [0.15, 0.2) is 0 Å². The highest BCUT2D eigenvalue weighted by molar-refractivity contribution is 5.92. The Bertz CT molecular complexity index is 1820. The topological polar surface area (TPSA) is 123 Å². The molecule has 1 atom stereocenters. The molecule has 0 amide bonds. The molecule has 41 heavy (non-hydrogen) atoms. The van der Waals surface area contributed by atoms with Crippen molar-refractivity contribution in [3.63, 3.8) is 0 Å². The van der Waals surface area contributed by atoms with E-state index in [0.717, 1.165) is 18.6 Å². The van der Waals surface area contributed by atoms with Gasteiger partial charge in [0, 0.05) is 24.7 Å². The normalized spacial score (nSPS) is 14.5. The van der Waals surface area contributed by atoms with Gasteiger partial charge in [-0.2, -0.15) is 5.26 Å². The van der Waals surface area contributed by atoms with E-state index in [1.54, 1.807) is 30.3 Å². The summed E-state index contributed by atoms with van der Waals surface area (Å²) in [4.78, 5) is 20.4. The molecule has 3 aromatic heterocycles. The minimum atomic E-state index is -1.07. The van der Waals surface area contributed by atoms with Crippen LogP contribution in [0.4, 0.5) is 8.78 Å². The van der Waals surface area contributed by atoms with Gasteiger partial charge in [-0.3, -0.25) is 0 Å². The van der Waals surface area contributed by atoms with Crippen LogP contribution in [0.3, 0.4) is 0 Å². The van der Waals surface area contributed by atoms with Gasteiger partial charge in [0.25, 0.3) is 0 Å². The molecule has 0 aliphatic carbocycles. The molecule has 0 saturated carbocycles. The van der Waals surface area contributed by atoms with Crippen LogP contribution in [0.2, 0.25) is 0 Å². The van der Waals surface area contributed by atoms with Crippen LogP contribution in [-0.2, 0) is 24.3 Å². The van der Waals surface area contributed by atoms with E-state index in [1.807, 2.05) is 10.6 Å². The van der Waals surface area contributed by atoms with Crippen LogP contribution >= 0.6 is 0 Å². The zero-order valence-corrected chi connectivity index (χ0v) is 21.5. The lowest BCUT2D eigenvalue weighted by Gasteiger charge is -2.27. The van der Waals surface area contributed by atoms with E-state index in [9.17, 15) is 9.90 Å². The number of ether oxygens (including phenoxy) is 2. The van der Waals surface area contributed by atoms with Gasteiger partial charge in [0.05, 0.1) is 34.9 Å². The fraction of sp³-hybridized carbons (Fsp3) is 0.200. The third-order valence-corrected chi connectivity index (χ3v) is 6.87. The summed E-state index contributed by atoms with van der Waals surface area (Å²) in [6.07, 6.45) is 0.760. The zero-order valence-electron chi connectivity index (χ0n) is 21.5. The maximum absolute atomic E-state index is 15.4. The van der Waals surface area contributed by atoms with E-state index < -0.39 is 17.6 Å². The fourth-order valence-electron chi connectivity index (χ4n) is 4.67. The number of carbonyl (C=O) groups is 1. The van der Waals surface area contributed by atoms with Crippen LogP contribution in [0.15, 0.2) is 65.1 Å². The molecular weight excluding hydrogens is 534 g/mol. The predicted molar refractivity (Wildman–Crippen MR) is 141 cm³/mol. The SMILES string of the molecule is N#Cc1ccc(COc2cccc(-c3cc(F)c(Cc4nc5ccc(C(=O)O)cc5n4CC4CCO4)cc3F)n2)o1. The van der Waals surface area contributed by atoms with Crippen molar-refractivity contribution < 1.29 is 32.6 Å². The summed E-state index contributed by atoms with van der Waals surface area (Å²) in [6, 6.07) is 16.6. The molecule has 9 nitrogen and oxygen atoms in total. The van der Waals surface area contributed by atoms with Crippen molar-refractivity contribution in [2.45, 2.75) is 32.1 Å². The van der Waals surface area contributed by atoms with Crippen LogP contribution in [0.5, 0.6) is 5.88 Å². The van der Waals surface area contributed by atoms with Crippen molar-refractivity contribution in [3.05, 3.63) is 101 Å². The molecule has 5 aromatic rings. The van der Waals surface area contributed by atoms with Gasteiger partial charge in [0.2, 0.25) is 11.6 Å². The molecule has 0 radical (unpaired) electrons. The van der Waals surface area contributed by atoms with E-state index in [0.29, 0.717) is 35.8 Å². The molecule has 6 rings (SSSR count). The zero-order chi connectivity index (χ0) is 28.5. The Morgan fingerprint density at radius 1 is 1.12 bits per heavy atom. The largest absolute Gasteiger partial charge is 0.478 e. The van der Waals surface area contributed by atoms with E-state index in [2.05, 4.69) is 9.97 Å². The molecule has 0 bridgehead atoms. The average Bonchev–Trinajstić information content (AvgIpc) is 3.55. The number of fused-ring (bicyclic) bond motifs is 1. The lowest BCUT2D eigenvalue weighted by Crippen LogP contribution is -2.31. The number of carboxylic acids is 1. The molecule has 1 aliphatic heterocycles. The van der Waals surface area contributed by atoms with Crippen LogP contribution < -0.4 is 4.74 Å². The molecule has 1 unspecified atom stereocenters. The van der Waals surface area contributed by atoms with Gasteiger partial charge in [-0.1, -0.05) is 6.07 Å². The number of imidazole rings is 1. The van der Waals surface area contributed by atoms with E-state index in [4.69, 9.17) is 19.2 Å². The Morgan fingerprint density at radius 2 is 1.98 bits per heavy atom. The number of carboxylic acid groups (broad SMARTS) is 1.